The summed E-state index contributed by atoms with van der Waals surface area (Å²) in [4.78, 5) is 24.1. The number of carboxylic acids is 1. The fourth-order valence-corrected chi connectivity index (χ4v) is 3.69. The SMILES string of the molecule is CS(=O)(=O)Nc1cccc(NC(=O)c2c(Cl)c(Cl)c(Cl)c(Cl)c2C(=O)O)c1. The summed E-state index contributed by atoms with van der Waals surface area (Å²) in [6, 6.07) is 5.72. The molecule has 0 aliphatic heterocycles. The van der Waals surface area contributed by atoms with Crippen molar-refractivity contribution >= 4 is 79.7 Å². The molecule has 2 aromatic rings. The second kappa shape index (κ2) is 8.12. The lowest BCUT2D eigenvalue weighted by Crippen LogP contribution is -2.18. The van der Waals surface area contributed by atoms with Crippen molar-refractivity contribution in [1.82, 2.24) is 0 Å². The molecule has 0 unspecified atom stereocenters. The number of benzene rings is 2. The van der Waals surface area contributed by atoms with Crippen LogP contribution in [0.5, 0.6) is 0 Å². The van der Waals surface area contributed by atoms with Crippen LogP contribution in [0, 0.1) is 0 Å². The van der Waals surface area contributed by atoms with Crippen molar-refractivity contribution in [2.45, 2.75) is 0 Å². The molecule has 0 aliphatic carbocycles. The first-order valence-corrected chi connectivity index (χ1v) is 10.3. The van der Waals surface area contributed by atoms with Gasteiger partial charge in [0.05, 0.1) is 43.2 Å². The van der Waals surface area contributed by atoms with Crippen LogP contribution in [-0.4, -0.2) is 31.7 Å². The van der Waals surface area contributed by atoms with E-state index in [0.717, 1.165) is 6.26 Å². The van der Waals surface area contributed by atoms with Gasteiger partial charge in [0.15, 0.2) is 0 Å². The Morgan fingerprint density at radius 2 is 1.44 bits per heavy atom. The molecule has 144 valence electrons. The zero-order valence-electron chi connectivity index (χ0n) is 13.3. The Labute approximate surface area is 174 Å². The van der Waals surface area contributed by atoms with Gasteiger partial charge >= 0.3 is 5.97 Å². The quantitative estimate of drug-likeness (QED) is 0.434. The number of anilines is 2. The molecule has 2 aromatic carbocycles. The van der Waals surface area contributed by atoms with E-state index >= 15 is 0 Å². The highest BCUT2D eigenvalue weighted by Gasteiger charge is 2.28. The Kier molecular flexibility index (Phi) is 6.49. The Morgan fingerprint density at radius 3 is 1.96 bits per heavy atom. The molecule has 0 aromatic heterocycles. The van der Waals surface area contributed by atoms with E-state index in [4.69, 9.17) is 46.4 Å². The molecular weight excluding hydrogens is 462 g/mol. The molecule has 0 aliphatic rings. The Balaban J connectivity index is 2.48. The van der Waals surface area contributed by atoms with Crippen LogP contribution in [0.3, 0.4) is 0 Å². The van der Waals surface area contributed by atoms with Crippen molar-refractivity contribution in [3.8, 4) is 0 Å². The lowest BCUT2D eigenvalue weighted by Gasteiger charge is -2.14. The topological polar surface area (TPSA) is 113 Å². The molecule has 0 saturated carbocycles. The van der Waals surface area contributed by atoms with Crippen molar-refractivity contribution in [2.75, 3.05) is 16.3 Å². The predicted molar refractivity (Wildman–Crippen MR) is 106 cm³/mol. The van der Waals surface area contributed by atoms with Gasteiger partial charge in [-0.1, -0.05) is 52.5 Å². The van der Waals surface area contributed by atoms with Gasteiger partial charge in [-0.15, -0.1) is 0 Å². The molecule has 2 rings (SSSR count). The van der Waals surface area contributed by atoms with Gasteiger partial charge in [-0.25, -0.2) is 13.2 Å². The average Bonchev–Trinajstić information content (AvgIpc) is 2.54. The minimum atomic E-state index is -3.53. The number of rotatable bonds is 5. The van der Waals surface area contributed by atoms with Crippen LogP contribution in [0.4, 0.5) is 11.4 Å². The third-order valence-electron chi connectivity index (χ3n) is 3.13. The molecule has 0 saturated heterocycles. The summed E-state index contributed by atoms with van der Waals surface area (Å²) in [7, 11) is -3.53. The zero-order valence-corrected chi connectivity index (χ0v) is 17.1. The summed E-state index contributed by atoms with van der Waals surface area (Å²) in [5.41, 5.74) is -0.737. The monoisotopic (exact) mass is 470 g/mol. The number of sulfonamides is 1. The minimum Gasteiger partial charge on any atom is -0.478 e. The number of nitrogens with one attached hydrogen (secondary N) is 2. The number of halogens is 4. The fourth-order valence-electron chi connectivity index (χ4n) is 2.11. The van der Waals surface area contributed by atoms with Gasteiger partial charge in [-0.2, -0.15) is 0 Å². The van der Waals surface area contributed by atoms with Gasteiger partial charge in [-0.3, -0.25) is 9.52 Å². The van der Waals surface area contributed by atoms with Gasteiger partial charge < -0.3 is 10.4 Å². The van der Waals surface area contributed by atoms with Crippen LogP contribution in [0.25, 0.3) is 0 Å². The van der Waals surface area contributed by atoms with Gasteiger partial charge in [0.25, 0.3) is 5.91 Å². The molecule has 0 bridgehead atoms. The number of amides is 1. The third-order valence-corrected chi connectivity index (χ3v) is 5.54. The minimum absolute atomic E-state index is 0.170. The Morgan fingerprint density at radius 1 is 0.926 bits per heavy atom. The largest absolute Gasteiger partial charge is 0.478 e. The summed E-state index contributed by atoms with van der Waals surface area (Å²) in [6.45, 7) is 0. The molecule has 7 nitrogen and oxygen atoms in total. The number of aromatic carboxylic acids is 1. The van der Waals surface area contributed by atoms with Crippen molar-refractivity contribution in [3.05, 3.63) is 55.5 Å². The summed E-state index contributed by atoms with van der Waals surface area (Å²) in [5, 5.41) is 10.4. The first kappa shape index (κ1) is 21.6. The van der Waals surface area contributed by atoms with Crippen LogP contribution in [-0.2, 0) is 10.0 Å². The maximum Gasteiger partial charge on any atom is 0.338 e. The van der Waals surface area contributed by atoms with Crippen molar-refractivity contribution in [2.24, 2.45) is 0 Å². The Bertz CT molecular complexity index is 1060. The lowest BCUT2D eigenvalue weighted by atomic mass is 10.1. The molecule has 0 heterocycles. The number of carbonyl (C=O) groups is 2. The van der Waals surface area contributed by atoms with Crippen LogP contribution in [0.2, 0.25) is 20.1 Å². The first-order chi connectivity index (χ1) is 12.4. The highest BCUT2D eigenvalue weighted by molar-refractivity contribution is 7.92. The molecule has 0 fully saturated rings. The molecule has 1 amide bonds. The van der Waals surface area contributed by atoms with E-state index in [1.807, 2.05) is 0 Å². The normalized spacial score (nSPS) is 11.1. The van der Waals surface area contributed by atoms with Crippen molar-refractivity contribution in [3.63, 3.8) is 0 Å². The number of carboxylic acid groups (broad SMARTS) is 1. The van der Waals surface area contributed by atoms with E-state index in [9.17, 15) is 23.1 Å². The van der Waals surface area contributed by atoms with Crippen LogP contribution in [0.15, 0.2) is 24.3 Å². The van der Waals surface area contributed by atoms with Crippen LogP contribution in [0.1, 0.15) is 20.7 Å². The van der Waals surface area contributed by atoms with Gasteiger partial charge in [0, 0.05) is 5.69 Å². The van der Waals surface area contributed by atoms with Crippen LogP contribution >= 0.6 is 46.4 Å². The Hall–Kier alpha value is -1.71. The third kappa shape index (κ3) is 4.97. The molecule has 3 N–H and O–H groups in total. The van der Waals surface area contributed by atoms with Crippen molar-refractivity contribution in [1.29, 1.82) is 0 Å². The molecule has 0 spiro atoms. The van der Waals surface area contributed by atoms with Gasteiger partial charge in [0.1, 0.15) is 0 Å². The second-order valence-electron chi connectivity index (χ2n) is 5.22. The summed E-state index contributed by atoms with van der Waals surface area (Å²) in [6.07, 6.45) is 0.967. The maximum atomic E-state index is 12.6. The predicted octanol–water partition coefficient (Wildman–Crippen LogP) is 4.62. The molecule has 0 radical (unpaired) electrons. The fraction of sp³-hybridized carbons (Fsp3) is 0.0667. The van der Waals surface area contributed by atoms with Crippen molar-refractivity contribution < 1.29 is 23.1 Å². The van der Waals surface area contributed by atoms with E-state index in [-0.39, 0.29) is 26.4 Å². The first-order valence-electron chi connectivity index (χ1n) is 6.90. The van der Waals surface area contributed by atoms with E-state index < -0.39 is 38.0 Å². The molecule has 27 heavy (non-hydrogen) atoms. The number of hydrogen-bond acceptors (Lipinski definition) is 4. The summed E-state index contributed by atoms with van der Waals surface area (Å²) < 4.78 is 24.8. The summed E-state index contributed by atoms with van der Waals surface area (Å²) >= 11 is 23.7. The van der Waals surface area contributed by atoms with E-state index in [2.05, 4.69) is 10.0 Å². The lowest BCUT2D eigenvalue weighted by molar-refractivity contribution is 0.0692. The maximum absolute atomic E-state index is 12.6. The van der Waals surface area contributed by atoms with E-state index in [1.54, 1.807) is 0 Å². The van der Waals surface area contributed by atoms with Crippen LogP contribution < -0.4 is 10.0 Å². The average molecular weight is 472 g/mol. The zero-order chi connectivity index (χ0) is 20.5. The molecular formula is C15H10Cl4N2O5S. The standard InChI is InChI=1S/C15H10Cl4N2O5S/c1-27(25,26)21-7-4-2-3-6(5-7)20-14(22)8-9(15(23)24)11(17)13(19)12(18)10(8)16/h2-5,21H,1H3,(H,20,22)(H,23,24). The van der Waals surface area contributed by atoms with Gasteiger partial charge in [0.2, 0.25) is 10.0 Å². The van der Waals surface area contributed by atoms with E-state index in [1.165, 1.54) is 24.3 Å². The van der Waals surface area contributed by atoms with Gasteiger partial charge in [-0.05, 0) is 18.2 Å². The number of hydrogen-bond donors (Lipinski definition) is 3. The molecule has 0 atom stereocenters. The van der Waals surface area contributed by atoms with E-state index in [0.29, 0.717) is 0 Å². The number of carbonyl (C=O) groups excluding carboxylic acids is 1. The summed E-state index contributed by atoms with van der Waals surface area (Å²) in [5.74, 6) is -2.45. The smallest absolute Gasteiger partial charge is 0.338 e. The molecule has 12 heteroatoms. The second-order valence-corrected chi connectivity index (χ2v) is 8.48. The highest BCUT2D eigenvalue weighted by Crippen LogP contribution is 2.41. The highest BCUT2D eigenvalue weighted by atomic mass is 35.5.